The molecule has 2 saturated heterocycles. The Hall–Kier alpha value is -2.31. The fourth-order valence-electron chi connectivity index (χ4n) is 3.52. The maximum atomic E-state index is 13.0. The largest absolute Gasteiger partial charge is 0.460 e. The van der Waals surface area contributed by atoms with E-state index in [2.05, 4.69) is 5.32 Å². The molecule has 4 rings (SSSR count). The van der Waals surface area contributed by atoms with Crippen LogP contribution in [-0.4, -0.2) is 48.6 Å². The van der Waals surface area contributed by atoms with E-state index in [1.54, 1.807) is 24.0 Å². The van der Waals surface area contributed by atoms with E-state index in [1.165, 1.54) is 0 Å². The number of ether oxygens (including phenoxy) is 1. The molecule has 1 unspecified atom stereocenters. The molecule has 7 heteroatoms. The van der Waals surface area contributed by atoms with Crippen molar-refractivity contribution in [1.29, 1.82) is 0 Å². The number of furan rings is 1. The first-order valence-corrected chi connectivity index (χ1v) is 8.90. The summed E-state index contributed by atoms with van der Waals surface area (Å²) in [6.07, 6.45) is 0.702. The highest BCUT2D eigenvalue weighted by Crippen LogP contribution is 2.33. The van der Waals surface area contributed by atoms with Crippen molar-refractivity contribution in [2.24, 2.45) is 0 Å². The van der Waals surface area contributed by atoms with Gasteiger partial charge in [0.2, 0.25) is 5.91 Å². The van der Waals surface area contributed by atoms with E-state index in [-0.39, 0.29) is 18.4 Å². The van der Waals surface area contributed by atoms with Crippen LogP contribution in [0.4, 0.5) is 0 Å². The van der Waals surface area contributed by atoms with Crippen LogP contribution in [0.2, 0.25) is 5.02 Å². The minimum atomic E-state index is -0.479. The van der Waals surface area contributed by atoms with E-state index in [1.807, 2.05) is 18.2 Å². The summed E-state index contributed by atoms with van der Waals surface area (Å²) in [6.45, 7) is 3.30. The molecule has 0 radical (unpaired) electrons. The summed E-state index contributed by atoms with van der Waals surface area (Å²) in [5.41, 5.74) is 0.802. The minimum Gasteiger partial charge on any atom is -0.460 e. The first-order chi connectivity index (χ1) is 12.5. The molecule has 26 heavy (non-hydrogen) atoms. The second kappa shape index (κ2) is 6.45. The predicted octanol–water partition coefficient (Wildman–Crippen LogP) is 2.64. The number of carbonyl (C=O) groups is 2. The average molecular weight is 375 g/mol. The van der Waals surface area contributed by atoms with Gasteiger partial charge in [-0.1, -0.05) is 23.7 Å². The van der Waals surface area contributed by atoms with Gasteiger partial charge in [-0.3, -0.25) is 9.59 Å². The number of benzene rings is 1. The Morgan fingerprint density at radius 3 is 2.88 bits per heavy atom. The summed E-state index contributed by atoms with van der Waals surface area (Å²) in [6, 6.07) is 9.11. The lowest BCUT2D eigenvalue weighted by atomic mass is 10.0. The normalized spacial score (nSPS) is 22.7. The first kappa shape index (κ1) is 17.1. The molecule has 136 valence electrons. The van der Waals surface area contributed by atoms with Gasteiger partial charge < -0.3 is 19.4 Å². The number of aryl methyl sites for hydroxylation is 1. The fraction of sp³-hybridized carbons (Fsp3) is 0.368. The average Bonchev–Trinajstić information content (AvgIpc) is 3.22. The SMILES string of the molecule is Cc1oc(-c2ccccc2Cl)cc1C(=O)N1CCC2(CNC(=O)CO2)C1. The lowest BCUT2D eigenvalue weighted by Gasteiger charge is -2.33. The van der Waals surface area contributed by atoms with Crippen LogP contribution in [0.3, 0.4) is 0 Å². The molecular formula is C19H19ClN2O4. The topological polar surface area (TPSA) is 71.8 Å². The van der Waals surface area contributed by atoms with Gasteiger partial charge >= 0.3 is 0 Å². The third-order valence-corrected chi connectivity index (χ3v) is 5.34. The van der Waals surface area contributed by atoms with Gasteiger partial charge in [0.15, 0.2) is 0 Å². The Morgan fingerprint density at radius 1 is 1.35 bits per heavy atom. The summed E-state index contributed by atoms with van der Waals surface area (Å²) >= 11 is 6.23. The third kappa shape index (κ3) is 2.99. The molecule has 0 aliphatic carbocycles. The van der Waals surface area contributed by atoms with E-state index in [0.717, 1.165) is 5.56 Å². The van der Waals surface area contributed by atoms with Crippen molar-refractivity contribution in [3.05, 3.63) is 46.7 Å². The predicted molar refractivity (Wildman–Crippen MR) is 96.1 cm³/mol. The molecule has 1 spiro atoms. The van der Waals surface area contributed by atoms with Crippen LogP contribution in [0.1, 0.15) is 22.5 Å². The monoisotopic (exact) mass is 374 g/mol. The van der Waals surface area contributed by atoms with E-state index in [0.29, 0.717) is 48.2 Å². The zero-order valence-electron chi connectivity index (χ0n) is 14.4. The van der Waals surface area contributed by atoms with Crippen molar-refractivity contribution in [2.45, 2.75) is 18.9 Å². The Balaban J connectivity index is 1.54. The number of carbonyl (C=O) groups excluding carboxylic acids is 2. The molecule has 1 N–H and O–H groups in total. The molecule has 3 heterocycles. The molecule has 2 aromatic rings. The molecule has 2 aliphatic rings. The van der Waals surface area contributed by atoms with Gasteiger partial charge in [-0.25, -0.2) is 0 Å². The molecule has 6 nitrogen and oxygen atoms in total. The maximum absolute atomic E-state index is 13.0. The highest BCUT2D eigenvalue weighted by molar-refractivity contribution is 6.33. The lowest BCUT2D eigenvalue weighted by Crippen LogP contribution is -2.54. The molecular weight excluding hydrogens is 356 g/mol. The third-order valence-electron chi connectivity index (χ3n) is 5.01. The maximum Gasteiger partial charge on any atom is 0.257 e. The number of nitrogens with one attached hydrogen (secondary N) is 1. The second-order valence-corrected chi connectivity index (χ2v) is 7.19. The molecule has 2 amide bonds. The van der Waals surface area contributed by atoms with Crippen molar-refractivity contribution in [3.63, 3.8) is 0 Å². The summed E-state index contributed by atoms with van der Waals surface area (Å²) in [7, 11) is 0. The van der Waals surface area contributed by atoms with Gasteiger partial charge in [0.05, 0.1) is 17.1 Å². The summed E-state index contributed by atoms with van der Waals surface area (Å²) in [4.78, 5) is 26.0. The molecule has 1 aromatic heterocycles. The van der Waals surface area contributed by atoms with Gasteiger partial charge in [0, 0.05) is 18.7 Å². The summed E-state index contributed by atoms with van der Waals surface area (Å²) < 4.78 is 11.5. The number of amides is 2. The van der Waals surface area contributed by atoms with Gasteiger partial charge in [0.1, 0.15) is 23.7 Å². The van der Waals surface area contributed by atoms with Gasteiger partial charge in [0.25, 0.3) is 5.91 Å². The van der Waals surface area contributed by atoms with Crippen molar-refractivity contribution >= 4 is 23.4 Å². The first-order valence-electron chi connectivity index (χ1n) is 8.53. The molecule has 0 saturated carbocycles. The van der Waals surface area contributed by atoms with Crippen molar-refractivity contribution in [1.82, 2.24) is 10.2 Å². The molecule has 1 atom stereocenters. The van der Waals surface area contributed by atoms with Gasteiger partial charge in [-0.15, -0.1) is 0 Å². The smallest absolute Gasteiger partial charge is 0.257 e. The van der Waals surface area contributed by atoms with E-state index in [4.69, 9.17) is 20.8 Å². The Bertz CT molecular complexity index is 866. The van der Waals surface area contributed by atoms with Crippen LogP contribution in [0.25, 0.3) is 11.3 Å². The zero-order chi connectivity index (χ0) is 18.3. The van der Waals surface area contributed by atoms with E-state index < -0.39 is 5.60 Å². The Labute approximate surface area is 156 Å². The molecule has 2 aliphatic heterocycles. The number of hydrogen-bond acceptors (Lipinski definition) is 4. The quantitative estimate of drug-likeness (QED) is 0.877. The highest BCUT2D eigenvalue weighted by Gasteiger charge is 2.44. The Morgan fingerprint density at radius 2 is 2.15 bits per heavy atom. The highest BCUT2D eigenvalue weighted by atomic mass is 35.5. The number of morpholine rings is 1. The Kier molecular flexibility index (Phi) is 4.25. The summed E-state index contributed by atoms with van der Waals surface area (Å²) in [5.74, 6) is 0.924. The standard InChI is InChI=1S/C19H19ClN2O4/c1-12-14(8-16(26-12)13-4-2-3-5-15(13)20)18(24)22-7-6-19(11-22)10-21-17(23)9-25-19/h2-5,8H,6-7,9-11H2,1H3,(H,21,23). The van der Waals surface area contributed by atoms with Crippen molar-refractivity contribution in [3.8, 4) is 11.3 Å². The molecule has 2 fully saturated rings. The lowest BCUT2D eigenvalue weighted by molar-refractivity contribution is -0.141. The van der Waals surface area contributed by atoms with Gasteiger partial charge in [-0.05, 0) is 31.5 Å². The number of hydrogen-bond donors (Lipinski definition) is 1. The van der Waals surface area contributed by atoms with Crippen LogP contribution in [0, 0.1) is 6.92 Å². The minimum absolute atomic E-state index is 0.0451. The number of nitrogens with zero attached hydrogens (tertiary/aromatic N) is 1. The zero-order valence-corrected chi connectivity index (χ0v) is 15.1. The van der Waals surface area contributed by atoms with Crippen molar-refractivity contribution < 1.29 is 18.7 Å². The number of likely N-dealkylation sites (tertiary alicyclic amines) is 1. The number of halogens is 1. The van der Waals surface area contributed by atoms with Crippen LogP contribution < -0.4 is 5.32 Å². The van der Waals surface area contributed by atoms with Crippen LogP contribution in [-0.2, 0) is 9.53 Å². The van der Waals surface area contributed by atoms with Crippen LogP contribution in [0.5, 0.6) is 0 Å². The van der Waals surface area contributed by atoms with Crippen LogP contribution in [0.15, 0.2) is 34.7 Å². The fourth-order valence-corrected chi connectivity index (χ4v) is 3.75. The second-order valence-electron chi connectivity index (χ2n) is 6.79. The molecule has 1 aromatic carbocycles. The number of rotatable bonds is 2. The van der Waals surface area contributed by atoms with E-state index in [9.17, 15) is 9.59 Å². The summed E-state index contributed by atoms with van der Waals surface area (Å²) in [5, 5.41) is 3.40. The van der Waals surface area contributed by atoms with Crippen molar-refractivity contribution in [2.75, 3.05) is 26.2 Å². The van der Waals surface area contributed by atoms with E-state index >= 15 is 0 Å². The van der Waals surface area contributed by atoms with Gasteiger partial charge in [-0.2, -0.15) is 0 Å². The molecule has 0 bridgehead atoms. The van der Waals surface area contributed by atoms with Crippen LogP contribution >= 0.6 is 11.6 Å².